The van der Waals surface area contributed by atoms with Crippen LogP contribution in [-0.4, -0.2) is 6.21 Å². The van der Waals surface area contributed by atoms with Gasteiger partial charge in [-0.05, 0) is 24.3 Å². The molecule has 0 heterocycles. The summed E-state index contributed by atoms with van der Waals surface area (Å²) >= 11 is 0. The topological polar surface area (TPSA) is 23.9 Å². The molecule has 0 spiro atoms. The highest BCUT2D eigenvalue weighted by molar-refractivity contribution is 5.74. The predicted octanol–water partition coefficient (Wildman–Crippen LogP) is 2.87. The van der Waals surface area contributed by atoms with E-state index in [0.717, 1.165) is 5.57 Å². The van der Waals surface area contributed by atoms with E-state index in [-0.39, 0.29) is 0 Å². The summed E-state index contributed by atoms with van der Waals surface area (Å²) in [5.41, 5.74) is 1.06. The van der Waals surface area contributed by atoms with Crippen molar-refractivity contribution >= 4 is 6.21 Å². The Morgan fingerprint density at radius 2 is 1.80 bits per heavy atom. The zero-order valence-corrected chi connectivity index (χ0v) is 7.31. The summed E-state index contributed by atoms with van der Waals surface area (Å²) in [6.07, 6.45) is 3.54. The molecule has 0 aromatic heterocycles. The minimum atomic E-state index is 0.585. The number of allylic oxidation sites excluding steroid dienone is 2. The largest absolute Gasteiger partial charge is 0.308 e. The van der Waals surface area contributed by atoms with Gasteiger partial charge in [-0.3, -0.25) is 0 Å². The van der Waals surface area contributed by atoms with Crippen LogP contribution in [0, 0.1) is 17.2 Å². The highest BCUT2D eigenvalue weighted by atomic mass is 14.3. The van der Waals surface area contributed by atoms with Crippen LogP contribution in [0.2, 0.25) is 0 Å². The number of rotatable bonds is 3. The number of hydrogen-bond acceptors (Lipinski definition) is 1. The average Bonchev–Trinajstić information content (AvgIpc) is 1.87. The zero-order valence-electron chi connectivity index (χ0n) is 7.31. The standard InChI is InChI=1S/C9H17N/c1-7(2)9(4)5-8(3)6-10/h5-7,9-10H,1-4H3. The molecule has 0 aromatic carbocycles. The molecule has 0 saturated carbocycles. The SMILES string of the molecule is CC(C=N)=CC(C)C(C)C. The van der Waals surface area contributed by atoms with E-state index >= 15 is 0 Å². The Hall–Kier alpha value is -0.590. The van der Waals surface area contributed by atoms with Crippen molar-refractivity contribution in [2.45, 2.75) is 27.7 Å². The highest BCUT2D eigenvalue weighted by Crippen LogP contribution is 2.12. The van der Waals surface area contributed by atoms with E-state index in [2.05, 4.69) is 26.8 Å². The molecule has 0 aliphatic rings. The summed E-state index contributed by atoms with van der Waals surface area (Å²) in [5, 5.41) is 6.95. The molecule has 1 nitrogen and oxygen atoms in total. The normalized spacial score (nSPS) is 15.5. The predicted molar refractivity (Wildman–Crippen MR) is 46.5 cm³/mol. The van der Waals surface area contributed by atoms with E-state index in [1.54, 1.807) is 0 Å². The van der Waals surface area contributed by atoms with Crippen LogP contribution in [0.15, 0.2) is 11.6 Å². The Bertz CT molecular complexity index is 134. The van der Waals surface area contributed by atoms with Gasteiger partial charge in [-0.25, -0.2) is 0 Å². The van der Waals surface area contributed by atoms with Crippen LogP contribution in [0.4, 0.5) is 0 Å². The van der Waals surface area contributed by atoms with Crippen molar-refractivity contribution in [3.63, 3.8) is 0 Å². The molecule has 10 heavy (non-hydrogen) atoms. The quantitative estimate of drug-likeness (QED) is 0.581. The van der Waals surface area contributed by atoms with Crippen LogP contribution in [0.3, 0.4) is 0 Å². The molecule has 58 valence electrons. The van der Waals surface area contributed by atoms with Gasteiger partial charge in [0, 0.05) is 6.21 Å². The third kappa shape index (κ3) is 3.44. The molecule has 1 N–H and O–H groups in total. The molecule has 0 amide bonds. The van der Waals surface area contributed by atoms with Crippen LogP contribution >= 0.6 is 0 Å². The van der Waals surface area contributed by atoms with Crippen LogP contribution in [0.25, 0.3) is 0 Å². The summed E-state index contributed by atoms with van der Waals surface area (Å²) < 4.78 is 0. The molecular formula is C9H17N. The van der Waals surface area contributed by atoms with Gasteiger partial charge in [0.2, 0.25) is 0 Å². The van der Waals surface area contributed by atoms with Gasteiger partial charge in [0.25, 0.3) is 0 Å². The van der Waals surface area contributed by atoms with Crippen molar-refractivity contribution in [1.29, 1.82) is 5.41 Å². The third-order valence-electron chi connectivity index (χ3n) is 1.81. The minimum Gasteiger partial charge on any atom is -0.308 e. The number of hydrogen-bond donors (Lipinski definition) is 1. The fraction of sp³-hybridized carbons (Fsp3) is 0.667. The summed E-state index contributed by atoms with van der Waals surface area (Å²) in [7, 11) is 0. The van der Waals surface area contributed by atoms with Gasteiger partial charge in [-0.2, -0.15) is 0 Å². The second-order valence-electron chi connectivity index (χ2n) is 3.16. The van der Waals surface area contributed by atoms with Gasteiger partial charge < -0.3 is 5.41 Å². The van der Waals surface area contributed by atoms with E-state index in [4.69, 9.17) is 5.41 Å². The fourth-order valence-electron chi connectivity index (χ4n) is 0.655. The summed E-state index contributed by atoms with van der Waals surface area (Å²) in [6, 6.07) is 0. The number of nitrogens with one attached hydrogen (secondary N) is 1. The maximum atomic E-state index is 6.95. The smallest absolute Gasteiger partial charge is 0.0203 e. The van der Waals surface area contributed by atoms with Gasteiger partial charge >= 0.3 is 0 Å². The first-order valence-corrected chi connectivity index (χ1v) is 3.76. The van der Waals surface area contributed by atoms with E-state index in [1.165, 1.54) is 6.21 Å². The Morgan fingerprint density at radius 3 is 2.10 bits per heavy atom. The monoisotopic (exact) mass is 139 g/mol. The van der Waals surface area contributed by atoms with Gasteiger partial charge in [-0.15, -0.1) is 0 Å². The van der Waals surface area contributed by atoms with Crippen molar-refractivity contribution in [2.75, 3.05) is 0 Å². The Labute approximate surface area is 63.7 Å². The van der Waals surface area contributed by atoms with Crippen molar-refractivity contribution in [2.24, 2.45) is 11.8 Å². The summed E-state index contributed by atoms with van der Waals surface area (Å²) in [6.45, 7) is 8.53. The van der Waals surface area contributed by atoms with E-state index in [0.29, 0.717) is 11.8 Å². The first-order chi connectivity index (χ1) is 4.57. The van der Waals surface area contributed by atoms with Crippen molar-refractivity contribution < 1.29 is 0 Å². The summed E-state index contributed by atoms with van der Waals surface area (Å²) in [4.78, 5) is 0. The zero-order chi connectivity index (χ0) is 8.15. The molecular weight excluding hydrogens is 122 g/mol. The van der Waals surface area contributed by atoms with Crippen molar-refractivity contribution in [3.8, 4) is 0 Å². The molecule has 0 bridgehead atoms. The van der Waals surface area contributed by atoms with Crippen LogP contribution in [-0.2, 0) is 0 Å². The maximum absolute atomic E-state index is 6.95. The minimum absolute atomic E-state index is 0.585. The lowest BCUT2D eigenvalue weighted by atomic mass is 9.96. The molecule has 1 atom stereocenters. The lowest BCUT2D eigenvalue weighted by Gasteiger charge is -2.10. The van der Waals surface area contributed by atoms with Gasteiger partial charge in [-0.1, -0.05) is 26.8 Å². The lowest BCUT2D eigenvalue weighted by molar-refractivity contribution is 0.503. The first kappa shape index (κ1) is 9.41. The Balaban J connectivity index is 3.98. The van der Waals surface area contributed by atoms with E-state index in [1.807, 2.05) is 6.92 Å². The molecule has 0 fully saturated rings. The molecule has 1 heteroatoms. The van der Waals surface area contributed by atoms with Crippen molar-refractivity contribution in [3.05, 3.63) is 11.6 Å². The summed E-state index contributed by atoms with van der Waals surface area (Å²) in [5.74, 6) is 1.26. The van der Waals surface area contributed by atoms with Gasteiger partial charge in [0.15, 0.2) is 0 Å². The highest BCUT2D eigenvalue weighted by Gasteiger charge is 2.02. The Morgan fingerprint density at radius 1 is 1.30 bits per heavy atom. The van der Waals surface area contributed by atoms with Gasteiger partial charge in [0.1, 0.15) is 0 Å². The molecule has 0 aliphatic carbocycles. The van der Waals surface area contributed by atoms with Gasteiger partial charge in [0.05, 0.1) is 0 Å². The fourth-order valence-corrected chi connectivity index (χ4v) is 0.655. The van der Waals surface area contributed by atoms with Crippen LogP contribution in [0.1, 0.15) is 27.7 Å². The second kappa shape index (κ2) is 4.26. The van der Waals surface area contributed by atoms with E-state index in [9.17, 15) is 0 Å². The molecule has 0 aromatic rings. The Kier molecular flexibility index (Phi) is 4.01. The van der Waals surface area contributed by atoms with E-state index < -0.39 is 0 Å². The molecule has 1 unspecified atom stereocenters. The maximum Gasteiger partial charge on any atom is 0.0203 e. The first-order valence-electron chi connectivity index (χ1n) is 3.76. The molecule has 0 aliphatic heterocycles. The van der Waals surface area contributed by atoms with Crippen LogP contribution in [0.5, 0.6) is 0 Å². The molecule has 0 radical (unpaired) electrons. The third-order valence-corrected chi connectivity index (χ3v) is 1.81. The average molecular weight is 139 g/mol. The van der Waals surface area contributed by atoms with Crippen LogP contribution < -0.4 is 0 Å². The van der Waals surface area contributed by atoms with Crippen molar-refractivity contribution in [1.82, 2.24) is 0 Å². The molecule has 0 rings (SSSR count). The second-order valence-corrected chi connectivity index (χ2v) is 3.16. The molecule has 0 saturated heterocycles. The lowest BCUT2D eigenvalue weighted by Crippen LogP contribution is -2.00.